The second kappa shape index (κ2) is 6.34. The Hall–Kier alpha value is -1.44. The van der Waals surface area contributed by atoms with E-state index in [2.05, 4.69) is 25.1 Å². The molecule has 0 radical (unpaired) electrons. The summed E-state index contributed by atoms with van der Waals surface area (Å²) in [7, 11) is 0. The highest BCUT2D eigenvalue weighted by Gasteiger charge is 2.12. The first-order valence-electron chi connectivity index (χ1n) is 8.11. The molecule has 2 heteroatoms. The van der Waals surface area contributed by atoms with Crippen molar-refractivity contribution in [1.82, 2.24) is 0 Å². The topological polar surface area (TPSA) is 24.7 Å². The first kappa shape index (κ1) is 13.5. The lowest BCUT2D eigenvalue weighted by molar-refractivity contribution is 0.886. The smallest absolute Gasteiger partial charge is 0.0888 e. The van der Waals surface area contributed by atoms with Gasteiger partial charge in [-0.25, -0.2) is 0 Å². The number of nitrogens with zero attached hydrogens (tertiary/aromatic N) is 2. The zero-order chi connectivity index (χ0) is 13.8. The molecule has 0 N–H and O–H groups in total. The number of hydrogen-bond acceptors (Lipinski definition) is 2. The van der Waals surface area contributed by atoms with Crippen LogP contribution in [0.25, 0.3) is 0 Å². The van der Waals surface area contributed by atoms with Crippen molar-refractivity contribution in [2.45, 2.75) is 64.7 Å². The lowest BCUT2D eigenvalue weighted by atomic mass is 10.1. The van der Waals surface area contributed by atoms with Crippen molar-refractivity contribution in [3.63, 3.8) is 0 Å². The highest BCUT2D eigenvalue weighted by molar-refractivity contribution is 5.92. The van der Waals surface area contributed by atoms with E-state index in [0.29, 0.717) is 0 Å². The van der Waals surface area contributed by atoms with Gasteiger partial charge >= 0.3 is 0 Å². The molecule has 0 aliphatic heterocycles. The molecule has 2 nitrogen and oxygen atoms in total. The largest absolute Gasteiger partial charge is 0.256 e. The molecule has 0 bridgehead atoms. The molecule has 20 heavy (non-hydrogen) atoms. The van der Waals surface area contributed by atoms with Crippen LogP contribution < -0.4 is 0 Å². The van der Waals surface area contributed by atoms with Crippen LogP contribution in [-0.2, 0) is 6.42 Å². The summed E-state index contributed by atoms with van der Waals surface area (Å²) in [5, 5.41) is 0. The Labute approximate surface area is 122 Å². The van der Waals surface area contributed by atoms with Crippen molar-refractivity contribution >= 4 is 22.8 Å². The molecular weight excluding hydrogens is 244 g/mol. The van der Waals surface area contributed by atoms with E-state index < -0.39 is 0 Å². The van der Waals surface area contributed by atoms with Crippen LogP contribution in [0.5, 0.6) is 0 Å². The predicted octanol–water partition coefficient (Wildman–Crippen LogP) is 5.54. The van der Waals surface area contributed by atoms with E-state index in [9.17, 15) is 0 Å². The summed E-state index contributed by atoms with van der Waals surface area (Å²) in [6.07, 6.45) is 11.0. The van der Waals surface area contributed by atoms with E-state index in [0.717, 1.165) is 17.8 Å². The van der Waals surface area contributed by atoms with E-state index in [1.54, 1.807) is 0 Å². The molecule has 106 valence electrons. The Bertz CT molecular complexity index is 524. The van der Waals surface area contributed by atoms with Gasteiger partial charge in [-0.15, -0.1) is 0 Å². The van der Waals surface area contributed by atoms with Gasteiger partial charge in [0, 0.05) is 11.4 Å². The summed E-state index contributed by atoms with van der Waals surface area (Å²) in [6, 6.07) is 6.60. The Morgan fingerprint density at radius 3 is 1.90 bits per heavy atom. The monoisotopic (exact) mass is 268 g/mol. The van der Waals surface area contributed by atoms with Gasteiger partial charge in [0.05, 0.1) is 11.4 Å². The van der Waals surface area contributed by atoms with Crippen molar-refractivity contribution in [2.24, 2.45) is 9.98 Å². The van der Waals surface area contributed by atoms with Crippen LogP contribution >= 0.6 is 0 Å². The maximum atomic E-state index is 4.92. The van der Waals surface area contributed by atoms with E-state index in [1.165, 1.54) is 68.4 Å². The molecule has 3 rings (SSSR count). The number of benzene rings is 1. The number of hydrogen-bond donors (Lipinski definition) is 0. The molecule has 0 heterocycles. The third-order valence-electron chi connectivity index (χ3n) is 4.37. The summed E-state index contributed by atoms with van der Waals surface area (Å²) < 4.78 is 0. The highest BCUT2D eigenvalue weighted by atomic mass is 14.8. The number of aliphatic imine (C=N–C) groups is 2. The second-order valence-electron chi connectivity index (χ2n) is 5.95. The molecule has 0 atom stereocenters. The molecule has 0 saturated heterocycles. The van der Waals surface area contributed by atoms with Gasteiger partial charge in [0.2, 0.25) is 0 Å². The Morgan fingerprint density at radius 2 is 1.35 bits per heavy atom. The summed E-state index contributed by atoms with van der Waals surface area (Å²) >= 11 is 0. The molecule has 1 aromatic rings. The third-order valence-corrected chi connectivity index (χ3v) is 4.37. The van der Waals surface area contributed by atoms with Crippen molar-refractivity contribution in [1.29, 1.82) is 0 Å². The Balaban J connectivity index is 1.95. The average Bonchev–Trinajstić information content (AvgIpc) is 3.14. The minimum atomic E-state index is 1.06. The first-order valence-corrected chi connectivity index (χ1v) is 8.11. The highest BCUT2D eigenvalue weighted by Crippen LogP contribution is 2.33. The maximum absolute atomic E-state index is 4.92. The first-order chi connectivity index (χ1) is 9.85. The minimum Gasteiger partial charge on any atom is -0.256 e. The standard InChI is InChI=1S/C18H24N2/c1-2-14-11-12-17(19-15-7-3-4-8-15)18(13-14)20-16-9-5-6-10-16/h11-13H,2-10H2,1H3. The van der Waals surface area contributed by atoms with Crippen LogP contribution in [0.3, 0.4) is 0 Å². The van der Waals surface area contributed by atoms with Gasteiger partial charge in [-0.3, -0.25) is 9.98 Å². The van der Waals surface area contributed by atoms with Gasteiger partial charge in [-0.1, -0.05) is 13.0 Å². The van der Waals surface area contributed by atoms with Crippen LogP contribution in [0.2, 0.25) is 0 Å². The van der Waals surface area contributed by atoms with Crippen molar-refractivity contribution in [3.05, 3.63) is 23.8 Å². The molecule has 2 aliphatic carbocycles. The molecule has 0 unspecified atom stereocenters. The van der Waals surface area contributed by atoms with Crippen LogP contribution in [-0.4, -0.2) is 11.4 Å². The molecule has 1 aromatic carbocycles. The van der Waals surface area contributed by atoms with E-state index in [1.807, 2.05) is 0 Å². The fourth-order valence-corrected chi connectivity index (χ4v) is 3.10. The normalized spacial score (nSPS) is 18.6. The van der Waals surface area contributed by atoms with Crippen molar-refractivity contribution in [3.8, 4) is 0 Å². The van der Waals surface area contributed by atoms with Gasteiger partial charge in [-0.2, -0.15) is 0 Å². The molecule has 2 aliphatic rings. The van der Waals surface area contributed by atoms with E-state index in [-0.39, 0.29) is 0 Å². The lowest BCUT2D eigenvalue weighted by Crippen LogP contribution is -1.90. The average molecular weight is 268 g/mol. The summed E-state index contributed by atoms with van der Waals surface area (Å²) in [6.45, 7) is 2.20. The van der Waals surface area contributed by atoms with Crippen LogP contribution in [0.1, 0.15) is 63.9 Å². The van der Waals surface area contributed by atoms with Gasteiger partial charge in [0.15, 0.2) is 0 Å². The molecular formula is C18H24N2. The maximum Gasteiger partial charge on any atom is 0.0888 e. The van der Waals surface area contributed by atoms with Crippen molar-refractivity contribution < 1.29 is 0 Å². The lowest BCUT2D eigenvalue weighted by Gasteiger charge is -2.06. The van der Waals surface area contributed by atoms with Crippen LogP contribution in [0, 0.1) is 0 Å². The summed E-state index contributed by atoms with van der Waals surface area (Å²) in [4.78, 5) is 9.80. The van der Waals surface area contributed by atoms with Gasteiger partial charge < -0.3 is 0 Å². The Morgan fingerprint density at radius 1 is 0.800 bits per heavy atom. The third kappa shape index (κ3) is 3.17. The SMILES string of the molecule is CCc1ccc(N=C2CCCC2)c(N=C2CCCC2)c1. The molecule has 0 aromatic heterocycles. The second-order valence-corrected chi connectivity index (χ2v) is 5.95. The molecule has 2 fully saturated rings. The zero-order valence-electron chi connectivity index (χ0n) is 12.5. The minimum absolute atomic E-state index is 1.06. The van der Waals surface area contributed by atoms with Gasteiger partial charge in [-0.05, 0) is 75.5 Å². The van der Waals surface area contributed by atoms with Crippen molar-refractivity contribution in [2.75, 3.05) is 0 Å². The number of rotatable bonds is 3. The fourth-order valence-electron chi connectivity index (χ4n) is 3.10. The zero-order valence-corrected chi connectivity index (χ0v) is 12.5. The fraction of sp³-hybridized carbons (Fsp3) is 0.556. The Kier molecular flexibility index (Phi) is 4.29. The molecule has 0 spiro atoms. The predicted molar refractivity (Wildman–Crippen MR) is 86.9 cm³/mol. The summed E-state index contributed by atoms with van der Waals surface area (Å²) in [5.41, 5.74) is 6.27. The number of aryl methyl sites for hydroxylation is 1. The quantitative estimate of drug-likeness (QED) is 0.687. The molecule has 2 saturated carbocycles. The van der Waals surface area contributed by atoms with Gasteiger partial charge in [0.25, 0.3) is 0 Å². The molecule has 0 amide bonds. The summed E-state index contributed by atoms with van der Waals surface area (Å²) in [5.74, 6) is 0. The van der Waals surface area contributed by atoms with Gasteiger partial charge in [0.1, 0.15) is 0 Å². The van der Waals surface area contributed by atoms with Crippen LogP contribution in [0.15, 0.2) is 28.2 Å². The van der Waals surface area contributed by atoms with E-state index in [4.69, 9.17) is 9.98 Å². The van der Waals surface area contributed by atoms with E-state index >= 15 is 0 Å². The van der Waals surface area contributed by atoms with Crippen LogP contribution in [0.4, 0.5) is 11.4 Å².